The molecule has 1 aliphatic carbocycles. The van der Waals surface area contributed by atoms with Crippen molar-refractivity contribution in [3.05, 3.63) is 0 Å². The number of rotatable bonds is 4. The Kier molecular flexibility index (Phi) is 4.99. The van der Waals surface area contributed by atoms with Gasteiger partial charge in [0.2, 0.25) is 5.91 Å². The number of amides is 1. The molecule has 114 valence electrons. The number of likely N-dealkylation sites (tertiary alicyclic amines) is 1. The van der Waals surface area contributed by atoms with Gasteiger partial charge in [0.05, 0.1) is 12.1 Å². The van der Waals surface area contributed by atoms with Crippen LogP contribution >= 0.6 is 0 Å². The van der Waals surface area contributed by atoms with Crippen LogP contribution in [0.5, 0.6) is 0 Å². The van der Waals surface area contributed by atoms with Gasteiger partial charge in [-0.15, -0.1) is 0 Å². The number of carboxylic acids is 1. The molecule has 1 amide bonds. The Morgan fingerprint density at radius 2 is 1.90 bits per heavy atom. The van der Waals surface area contributed by atoms with Crippen molar-refractivity contribution >= 4 is 11.9 Å². The normalized spacial score (nSPS) is 29.4. The fourth-order valence-corrected chi connectivity index (χ4v) is 3.39. The van der Waals surface area contributed by atoms with Crippen molar-refractivity contribution in [3.63, 3.8) is 0 Å². The van der Waals surface area contributed by atoms with E-state index < -0.39 is 24.2 Å². The molecule has 6 heteroatoms. The number of carboxylic acid groups (broad SMARTS) is 1. The summed E-state index contributed by atoms with van der Waals surface area (Å²) in [6.45, 7) is 0.0775. The van der Waals surface area contributed by atoms with Crippen molar-refractivity contribution < 1.29 is 19.8 Å². The second-order valence-electron chi connectivity index (χ2n) is 6.08. The summed E-state index contributed by atoms with van der Waals surface area (Å²) in [6, 6.07) is -1.58. The first-order valence-electron chi connectivity index (χ1n) is 7.46. The molecule has 2 rings (SSSR count). The third-order valence-corrected chi connectivity index (χ3v) is 4.48. The standard InChI is InChI=1S/C14H24N2O4/c15-11(6-9-4-2-1-3-5-9)13(18)16-8-10(17)7-12(16)14(19)20/h9-12,17H,1-8,15H2,(H,19,20)/t10-,11-,12+/m1/s1. The molecular weight excluding hydrogens is 260 g/mol. The molecule has 0 bridgehead atoms. The average molecular weight is 284 g/mol. The number of nitrogens with two attached hydrogens (primary N) is 1. The number of aliphatic hydroxyl groups is 1. The molecule has 1 saturated carbocycles. The molecule has 20 heavy (non-hydrogen) atoms. The Balaban J connectivity index is 1.93. The lowest BCUT2D eigenvalue weighted by Gasteiger charge is -2.28. The Hall–Kier alpha value is -1.14. The lowest BCUT2D eigenvalue weighted by Crippen LogP contribution is -2.49. The van der Waals surface area contributed by atoms with Crippen LogP contribution in [0, 0.1) is 5.92 Å². The van der Waals surface area contributed by atoms with Crippen LogP contribution in [0.3, 0.4) is 0 Å². The molecule has 0 aromatic carbocycles. The van der Waals surface area contributed by atoms with Crippen LogP contribution in [0.25, 0.3) is 0 Å². The molecular formula is C14H24N2O4. The fourth-order valence-electron chi connectivity index (χ4n) is 3.39. The highest BCUT2D eigenvalue weighted by molar-refractivity contribution is 5.87. The lowest BCUT2D eigenvalue weighted by molar-refractivity contribution is -0.148. The molecule has 3 atom stereocenters. The Labute approximate surface area is 118 Å². The van der Waals surface area contributed by atoms with Crippen molar-refractivity contribution in [1.82, 2.24) is 4.90 Å². The van der Waals surface area contributed by atoms with Crippen LogP contribution in [0.4, 0.5) is 0 Å². The molecule has 1 saturated heterocycles. The molecule has 0 aromatic heterocycles. The zero-order chi connectivity index (χ0) is 14.7. The van der Waals surface area contributed by atoms with Gasteiger partial charge in [-0.05, 0) is 12.3 Å². The highest BCUT2D eigenvalue weighted by Crippen LogP contribution is 2.28. The summed E-state index contributed by atoms with van der Waals surface area (Å²) < 4.78 is 0. The maximum atomic E-state index is 12.3. The SMILES string of the molecule is N[C@H](CC1CCCCC1)C(=O)N1C[C@H](O)C[C@H]1C(=O)O. The van der Waals surface area contributed by atoms with Gasteiger partial charge in [-0.1, -0.05) is 32.1 Å². The predicted octanol–water partition coefficient (Wildman–Crippen LogP) is 0.330. The summed E-state index contributed by atoms with van der Waals surface area (Å²) in [6.07, 6.45) is 5.78. The summed E-state index contributed by atoms with van der Waals surface area (Å²) in [5.74, 6) is -0.933. The van der Waals surface area contributed by atoms with Crippen molar-refractivity contribution in [1.29, 1.82) is 0 Å². The van der Waals surface area contributed by atoms with E-state index in [1.807, 2.05) is 0 Å². The molecule has 4 N–H and O–H groups in total. The van der Waals surface area contributed by atoms with E-state index in [9.17, 15) is 14.7 Å². The molecule has 1 aliphatic heterocycles. The van der Waals surface area contributed by atoms with Crippen molar-refractivity contribution in [3.8, 4) is 0 Å². The molecule has 0 unspecified atom stereocenters. The minimum absolute atomic E-state index is 0.0775. The van der Waals surface area contributed by atoms with Gasteiger partial charge in [-0.25, -0.2) is 4.79 Å². The number of carbonyl (C=O) groups is 2. The van der Waals surface area contributed by atoms with E-state index in [0.29, 0.717) is 12.3 Å². The third-order valence-electron chi connectivity index (χ3n) is 4.48. The Morgan fingerprint density at radius 1 is 1.25 bits per heavy atom. The largest absolute Gasteiger partial charge is 0.480 e. The molecule has 0 radical (unpaired) electrons. The average Bonchev–Trinajstić information content (AvgIpc) is 2.81. The summed E-state index contributed by atoms with van der Waals surface area (Å²) in [4.78, 5) is 24.7. The van der Waals surface area contributed by atoms with Gasteiger partial charge in [0, 0.05) is 13.0 Å². The summed E-state index contributed by atoms with van der Waals surface area (Å²) in [7, 11) is 0. The maximum absolute atomic E-state index is 12.3. The van der Waals surface area contributed by atoms with E-state index in [1.165, 1.54) is 24.2 Å². The summed E-state index contributed by atoms with van der Waals surface area (Å²) >= 11 is 0. The van der Waals surface area contributed by atoms with Crippen LogP contribution in [0.1, 0.15) is 44.9 Å². The molecule has 0 aromatic rings. The van der Waals surface area contributed by atoms with E-state index >= 15 is 0 Å². The van der Waals surface area contributed by atoms with Gasteiger partial charge >= 0.3 is 5.97 Å². The van der Waals surface area contributed by atoms with Crippen LogP contribution in [0.15, 0.2) is 0 Å². The number of aliphatic hydroxyl groups excluding tert-OH is 1. The highest BCUT2D eigenvalue weighted by atomic mass is 16.4. The van der Waals surface area contributed by atoms with Gasteiger partial charge in [-0.2, -0.15) is 0 Å². The summed E-state index contributed by atoms with van der Waals surface area (Å²) in [5, 5.41) is 18.7. The van der Waals surface area contributed by atoms with Crippen molar-refractivity contribution in [2.45, 2.75) is 63.1 Å². The fraction of sp³-hybridized carbons (Fsp3) is 0.857. The molecule has 6 nitrogen and oxygen atoms in total. The third kappa shape index (κ3) is 3.49. The number of hydrogen-bond acceptors (Lipinski definition) is 4. The van der Waals surface area contributed by atoms with Gasteiger partial charge in [0.25, 0.3) is 0 Å². The predicted molar refractivity (Wildman–Crippen MR) is 72.9 cm³/mol. The van der Waals surface area contributed by atoms with Gasteiger partial charge < -0.3 is 20.8 Å². The number of nitrogens with zero attached hydrogens (tertiary/aromatic N) is 1. The highest BCUT2D eigenvalue weighted by Gasteiger charge is 2.40. The van der Waals surface area contributed by atoms with Crippen LogP contribution < -0.4 is 5.73 Å². The van der Waals surface area contributed by atoms with E-state index in [0.717, 1.165) is 12.8 Å². The van der Waals surface area contributed by atoms with Crippen molar-refractivity contribution in [2.24, 2.45) is 11.7 Å². The first-order chi connectivity index (χ1) is 9.49. The van der Waals surface area contributed by atoms with E-state index in [4.69, 9.17) is 10.8 Å². The molecule has 0 spiro atoms. The van der Waals surface area contributed by atoms with Crippen LogP contribution in [0.2, 0.25) is 0 Å². The van der Waals surface area contributed by atoms with E-state index in [-0.39, 0.29) is 18.9 Å². The zero-order valence-corrected chi connectivity index (χ0v) is 11.7. The topological polar surface area (TPSA) is 104 Å². The van der Waals surface area contributed by atoms with E-state index in [1.54, 1.807) is 0 Å². The molecule has 1 heterocycles. The second-order valence-corrected chi connectivity index (χ2v) is 6.08. The van der Waals surface area contributed by atoms with Crippen molar-refractivity contribution in [2.75, 3.05) is 6.54 Å². The molecule has 2 fully saturated rings. The van der Waals surface area contributed by atoms with Gasteiger partial charge in [0.1, 0.15) is 6.04 Å². The second kappa shape index (κ2) is 6.54. The molecule has 2 aliphatic rings. The quantitative estimate of drug-likeness (QED) is 0.690. The summed E-state index contributed by atoms with van der Waals surface area (Å²) in [5.41, 5.74) is 5.97. The monoisotopic (exact) mass is 284 g/mol. The number of aliphatic carboxylic acids is 1. The first-order valence-corrected chi connectivity index (χ1v) is 7.46. The van der Waals surface area contributed by atoms with Crippen LogP contribution in [-0.2, 0) is 9.59 Å². The zero-order valence-electron chi connectivity index (χ0n) is 11.7. The van der Waals surface area contributed by atoms with Gasteiger partial charge in [-0.3, -0.25) is 4.79 Å². The van der Waals surface area contributed by atoms with Gasteiger partial charge in [0.15, 0.2) is 0 Å². The minimum Gasteiger partial charge on any atom is -0.480 e. The minimum atomic E-state index is -1.07. The Bertz CT molecular complexity index is 368. The maximum Gasteiger partial charge on any atom is 0.326 e. The number of hydrogen-bond donors (Lipinski definition) is 3. The van der Waals surface area contributed by atoms with E-state index in [2.05, 4.69) is 0 Å². The smallest absolute Gasteiger partial charge is 0.326 e. The lowest BCUT2D eigenvalue weighted by atomic mass is 9.84. The number of β-amino-alcohol motifs (C(OH)–C–C–N with tert-alkyl or cyclic N) is 1. The number of carbonyl (C=O) groups excluding carboxylic acids is 1. The van der Waals surface area contributed by atoms with Crippen LogP contribution in [-0.4, -0.2) is 51.7 Å². The first kappa shape index (κ1) is 15.3. The Morgan fingerprint density at radius 3 is 2.50 bits per heavy atom.